The van der Waals surface area contributed by atoms with Crippen LogP contribution in [0.1, 0.15) is 10.4 Å². The summed E-state index contributed by atoms with van der Waals surface area (Å²) in [7, 11) is 3.81. The predicted octanol–water partition coefficient (Wildman–Crippen LogP) is 3.89. The lowest BCUT2D eigenvalue weighted by molar-refractivity contribution is 0.102. The Balaban J connectivity index is 2.31. The van der Waals surface area contributed by atoms with Crippen molar-refractivity contribution >= 4 is 46.2 Å². The highest BCUT2D eigenvalue weighted by molar-refractivity contribution is 6.44. The fourth-order valence-corrected chi connectivity index (χ4v) is 2.24. The minimum absolute atomic E-state index is 0.252. The highest BCUT2D eigenvalue weighted by Gasteiger charge is 2.13. The summed E-state index contributed by atoms with van der Waals surface area (Å²) in [6.45, 7) is 0. The molecule has 0 saturated carbocycles. The maximum Gasteiger partial charge on any atom is 0.255 e. The topological polar surface area (TPSA) is 58.4 Å². The van der Waals surface area contributed by atoms with Gasteiger partial charge < -0.3 is 16.0 Å². The van der Waals surface area contributed by atoms with E-state index in [0.717, 1.165) is 5.69 Å². The zero-order chi connectivity index (χ0) is 15.6. The van der Waals surface area contributed by atoms with Gasteiger partial charge in [0.05, 0.1) is 27.1 Å². The highest BCUT2D eigenvalue weighted by atomic mass is 35.5. The molecule has 0 spiro atoms. The van der Waals surface area contributed by atoms with Crippen LogP contribution in [0.5, 0.6) is 0 Å². The molecule has 2 rings (SSSR count). The first-order valence-electron chi connectivity index (χ1n) is 6.22. The van der Waals surface area contributed by atoms with E-state index < -0.39 is 0 Å². The molecule has 0 aliphatic heterocycles. The fourth-order valence-electron chi connectivity index (χ4n) is 1.91. The lowest BCUT2D eigenvalue weighted by Crippen LogP contribution is -2.16. The largest absolute Gasteiger partial charge is 0.397 e. The first-order chi connectivity index (χ1) is 9.90. The number of para-hydroxylation sites is 2. The SMILES string of the molecule is CN(C)c1ccccc1NC(=O)c1cc(N)c(Cl)c(Cl)c1. The number of nitrogens with two attached hydrogens (primary N) is 1. The zero-order valence-corrected chi connectivity index (χ0v) is 13.2. The minimum Gasteiger partial charge on any atom is -0.397 e. The van der Waals surface area contributed by atoms with Crippen molar-refractivity contribution in [2.24, 2.45) is 0 Å². The molecule has 1 amide bonds. The van der Waals surface area contributed by atoms with Crippen LogP contribution in [0.2, 0.25) is 10.0 Å². The standard InChI is InChI=1S/C15H15Cl2N3O/c1-20(2)13-6-4-3-5-12(13)19-15(21)9-7-10(16)14(17)11(18)8-9/h3-8H,18H2,1-2H3,(H,19,21). The van der Waals surface area contributed by atoms with Gasteiger partial charge in [0.2, 0.25) is 0 Å². The maximum atomic E-state index is 12.3. The maximum absolute atomic E-state index is 12.3. The van der Waals surface area contributed by atoms with Gasteiger partial charge in [-0.05, 0) is 24.3 Å². The molecule has 3 N–H and O–H groups in total. The first-order valence-corrected chi connectivity index (χ1v) is 6.98. The number of nitrogens with one attached hydrogen (secondary N) is 1. The Morgan fingerprint density at radius 2 is 1.86 bits per heavy atom. The summed E-state index contributed by atoms with van der Waals surface area (Å²) >= 11 is 11.8. The molecule has 0 heterocycles. The van der Waals surface area contributed by atoms with Crippen LogP contribution >= 0.6 is 23.2 Å². The van der Waals surface area contributed by atoms with Crippen molar-refractivity contribution in [2.75, 3.05) is 30.0 Å². The fraction of sp³-hybridized carbons (Fsp3) is 0.133. The molecular weight excluding hydrogens is 309 g/mol. The van der Waals surface area contributed by atoms with Crippen molar-refractivity contribution in [1.29, 1.82) is 0 Å². The number of hydrogen-bond donors (Lipinski definition) is 2. The molecule has 2 aromatic rings. The van der Waals surface area contributed by atoms with Gasteiger partial charge in [-0.1, -0.05) is 35.3 Å². The van der Waals surface area contributed by atoms with Crippen LogP contribution in [-0.4, -0.2) is 20.0 Å². The molecule has 2 aromatic carbocycles. The number of benzene rings is 2. The molecule has 0 saturated heterocycles. The quantitative estimate of drug-likeness (QED) is 0.842. The zero-order valence-electron chi connectivity index (χ0n) is 11.7. The Labute approximate surface area is 133 Å². The van der Waals surface area contributed by atoms with Crippen molar-refractivity contribution in [3.05, 3.63) is 52.0 Å². The molecule has 0 atom stereocenters. The van der Waals surface area contributed by atoms with E-state index in [1.807, 2.05) is 43.3 Å². The second-order valence-electron chi connectivity index (χ2n) is 4.73. The van der Waals surface area contributed by atoms with Gasteiger partial charge >= 0.3 is 0 Å². The Morgan fingerprint density at radius 3 is 2.48 bits per heavy atom. The van der Waals surface area contributed by atoms with Crippen molar-refractivity contribution in [1.82, 2.24) is 0 Å². The van der Waals surface area contributed by atoms with Gasteiger partial charge in [0, 0.05) is 19.7 Å². The highest BCUT2D eigenvalue weighted by Crippen LogP contribution is 2.30. The van der Waals surface area contributed by atoms with E-state index in [4.69, 9.17) is 28.9 Å². The summed E-state index contributed by atoms with van der Waals surface area (Å²) < 4.78 is 0. The molecule has 110 valence electrons. The Bertz CT molecular complexity index is 663. The van der Waals surface area contributed by atoms with Crippen LogP contribution < -0.4 is 16.0 Å². The van der Waals surface area contributed by atoms with E-state index in [0.29, 0.717) is 11.3 Å². The molecular formula is C15H15Cl2N3O. The molecule has 0 aliphatic carbocycles. The Morgan fingerprint density at radius 1 is 1.19 bits per heavy atom. The lowest BCUT2D eigenvalue weighted by Gasteiger charge is -2.18. The number of carbonyl (C=O) groups is 1. The van der Waals surface area contributed by atoms with E-state index >= 15 is 0 Å². The van der Waals surface area contributed by atoms with E-state index in [2.05, 4.69) is 5.32 Å². The smallest absolute Gasteiger partial charge is 0.255 e. The average Bonchev–Trinajstić information content (AvgIpc) is 2.44. The Kier molecular flexibility index (Phi) is 4.60. The average molecular weight is 324 g/mol. The van der Waals surface area contributed by atoms with Crippen LogP contribution in [0, 0.1) is 0 Å². The molecule has 21 heavy (non-hydrogen) atoms. The van der Waals surface area contributed by atoms with Gasteiger partial charge in [-0.3, -0.25) is 4.79 Å². The lowest BCUT2D eigenvalue weighted by atomic mass is 10.1. The number of amides is 1. The number of carbonyl (C=O) groups excluding carboxylic acids is 1. The van der Waals surface area contributed by atoms with Crippen LogP contribution in [0.3, 0.4) is 0 Å². The predicted molar refractivity (Wildman–Crippen MR) is 89.6 cm³/mol. The molecule has 0 aromatic heterocycles. The molecule has 4 nitrogen and oxygen atoms in total. The third-order valence-corrected chi connectivity index (χ3v) is 3.77. The third kappa shape index (κ3) is 3.40. The summed E-state index contributed by atoms with van der Waals surface area (Å²) in [5.41, 5.74) is 7.96. The Hall–Kier alpha value is -1.91. The van der Waals surface area contributed by atoms with Crippen molar-refractivity contribution < 1.29 is 4.79 Å². The van der Waals surface area contributed by atoms with E-state index in [-0.39, 0.29) is 21.6 Å². The molecule has 0 bridgehead atoms. The molecule has 0 aliphatic rings. The van der Waals surface area contributed by atoms with Gasteiger partial charge in [-0.2, -0.15) is 0 Å². The number of nitrogen functional groups attached to an aromatic ring is 1. The first kappa shape index (κ1) is 15.5. The van der Waals surface area contributed by atoms with Crippen LogP contribution in [-0.2, 0) is 0 Å². The van der Waals surface area contributed by atoms with Crippen LogP contribution in [0.4, 0.5) is 17.1 Å². The molecule has 0 radical (unpaired) electrons. The van der Waals surface area contributed by atoms with Gasteiger partial charge in [-0.25, -0.2) is 0 Å². The van der Waals surface area contributed by atoms with Crippen LogP contribution in [0.25, 0.3) is 0 Å². The summed E-state index contributed by atoms with van der Waals surface area (Å²) in [4.78, 5) is 14.2. The summed E-state index contributed by atoms with van der Waals surface area (Å²) in [5.74, 6) is -0.297. The minimum atomic E-state index is -0.297. The van der Waals surface area contributed by atoms with Gasteiger partial charge in [-0.15, -0.1) is 0 Å². The summed E-state index contributed by atoms with van der Waals surface area (Å²) in [6, 6.07) is 10.5. The monoisotopic (exact) mass is 323 g/mol. The number of anilines is 3. The summed E-state index contributed by atoms with van der Waals surface area (Å²) in [5, 5.41) is 3.35. The van der Waals surface area contributed by atoms with E-state index in [1.165, 1.54) is 12.1 Å². The number of halogens is 2. The van der Waals surface area contributed by atoms with Gasteiger partial charge in [0.1, 0.15) is 0 Å². The van der Waals surface area contributed by atoms with Crippen molar-refractivity contribution in [2.45, 2.75) is 0 Å². The van der Waals surface area contributed by atoms with Crippen molar-refractivity contribution in [3.8, 4) is 0 Å². The van der Waals surface area contributed by atoms with Crippen LogP contribution in [0.15, 0.2) is 36.4 Å². The van der Waals surface area contributed by atoms with E-state index in [9.17, 15) is 4.79 Å². The molecule has 6 heteroatoms. The second-order valence-corrected chi connectivity index (χ2v) is 5.51. The normalized spacial score (nSPS) is 10.3. The second kappa shape index (κ2) is 6.24. The van der Waals surface area contributed by atoms with Crippen molar-refractivity contribution in [3.63, 3.8) is 0 Å². The molecule has 0 fully saturated rings. The van der Waals surface area contributed by atoms with E-state index in [1.54, 1.807) is 0 Å². The number of hydrogen-bond acceptors (Lipinski definition) is 3. The molecule has 0 unspecified atom stereocenters. The summed E-state index contributed by atoms with van der Waals surface area (Å²) in [6.07, 6.45) is 0. The number of nitrogens with zero attached hydrogens (tertiary/aromatic N) is 1. The van der Waals surface area contributed by atoms with Gasteiger partial charge in [0.15, 0.2) is 0 Å². The van der Waals surface area contributed by atoms with Gasteiger partial charge in [0.25, 0.3) is 5.91 Å². The number of rotatable bonds is 3. The third-order valence-electron chi connectivity index (χ3n) is 2.95.